The highest BCUT2D eigenvalue weighted by atomic mass is 32.2. The summed E-state index contributed by atoms with van der Waals surface area (Å²) in [6.07, 6.45) is 4.53. The van der Waals surface area contributed by atoms with E-state index in [9.17, 15) is 8.42 Å². The molecule has 0 unspecified atom stereocenters. The number of nitrogens with zero attached hydrogens (tertiary/aromatic N) is 7. The van der Waals surface area contributed by atoms with E-state index in [1.165, 1.54) is 26.0 Å². The minimum atomic E-state index is -3.76. The van der Waals surface area contributed by atoms with E-state index in [2.05, 4.69) is 20.4 Å². The zero-order valence-electron chi connectivity index (χ0n) is 14.4. The monoisotopic (exact) mass is 379 g/mol. The van der Waals surface area contributed by atoms with Gasteiger partial charge >= 0.3 is 0 Å². The summed E-state index contributed by atoms with van der Waals surface area (Å²) in [6.45, 7) is 1.97. The highest BCUT2D eigenvalue weighted by Gasteiger charge is 2.41. The van der Waals surface area contributed by atoms with E-state index in [-0.39, 0.29) is 31.0 Å². The number of rotatable bonds is 3. The van der Waals surface area contributed by atoms with E-state index in [1.54, 1.807) is 19.3 Å². The van der Waals surface area contributed by atoms with Crippen molar-refractivity contribution in [3.8, 4) is 0 Å². The van der Waals surface area contributed by atoms with Crippen LogP contribution in [0.1, 0.15) is 24.0 Å². The summed E-state index contributed by atoms with van der Waals surface area (Å²) >= 11 is 0. The molecule has 9 nitrogen and oxygen atoms in total. The van der Waals surface area contributed by atoms with Gasteiger partial charge in [-0.05, 0) is 31.4 Å². The van der Waals surface area contributed by atoms with Crippen molar-refractivity contribution in [2.75, 3.05) is 13.1 Å². The van der Waals surface area contributed by atoms with Crippen LogP contribution in [-0.4, -0.2) is 55.4 Å². The molecule has 1 aliphatic heterocycles. The zero-order valence-corrected chi connectivity index (χ0v) is 15.2. The average molecular weight is 379 g/mol. The lowest BCUT2D eigenvalue weighted by atomic mass is 9.85. The number of fused-ring (bicyclic) bond motifs is 1. The number of alkyl halides is 1. The van der Waals surface area contributed by atoms with E-state index in [1.807, 2.05) is 6.92 Å². The van der Waals surface area contributed by atoms with Gasteiger partial charge in [0.1, 0.15) is 12.0 Å². The van der Waals surface area contributed by atoms with Crippen LogP contribution < -0.4 is 0 Å². The summed E-state index contributed by atoms with van der Waals surface area (Å²) in [4.78, 5) is 4.10. The van der Waals surface area contributed by atoms with Crippen LogP contribution >= 0.6 is 0 Å². The molecule has 3 aromatic heterocycles. The summed E-state index contributed by atoms with van der Waals surface area (Å²) < 4.78 is 45.0. The first kappa shape index (κ1) is 17.0. The molecule has 0 amide bonds. The van der Waals surface area contributed by atoms with E-state index in [4.69, 9.17) is 0 Å². The van der Waals surface area contributed by atoms with E-state index >= 15 is 4.39 Å². The molecule has 0 radical (unpaired) electrons. The Balaban J connectivity index is 1.59. The van der Waals surface area contributed by atoms with Crippen LogP contribution in [0.2, 0.25) is 0 Å². The lowest BCUT2D eigenvalue weighted by Crippen LogP contribution is -2.43. The third-order valence-corrected chi connectivity index (χ3v) is 6.57. The van der Waals surface area contributed by atoms with Crippen molar-refractivity contribution in [2.45, 2.75) is 30.5 Å². The second-order valence-electron chi connectivity index (χ2n) is 6.53. The summed E-state index contributed by atoms with van der Waals surface area (Å²) in [6, 6.07) is 1.78. The highest BCUT2D eigenvalue weighted by molar-refractivity contribution is 7.89. The van der Waals surface area contributed by atoms with Crippen LogP contribution in [0.25, 0.3) is 5.65 Å². The second-order valence-corrected chi connectivity index (χ2v) is 8.42. The molecule has 4 heterocycles. The standard InChI is InChI=1S/C15H18FN7O2S/c1-11-7-13-17-10-18-23(13)8-12(11)15(16)3-5-22(6-4-15)26(24,25)14-9-21(2)20-19-14/h7-10H,3-6H2,1-2H3. The quantitative estimate of drug-likeness (QED) is 0.668. The van der Waals surface area contributed by atoms with Crippen molar-refractivity contribution >= 4 is 15.7 Å². The van der Waals surface area contributed by atoms with Crippen LogP contribution in [0.4, 0.5) is 4.39 Å². The van der Waals surface area contributed by atoms with Crippen LogP contribution in [0, 0.1) is 6.92 Å². The molecule has 4 rings (SSSR count). The predicted octanol–water partition coefficient (Wildman–Crippen LogP) is 0.816. The first-order valence-electron chi connectivity index (χ1n) is 8.15. The maximum atomic E-state index is 15.7. The molecule has 0 N–H and O–H groups in total. The van der Waals surface area contributed by atoms with Crippen LogP contribution in [0.3, 0.4) is 0 Å². The van der Waals surface area contributed by atoms with Gasteiger partial charge in [-0.3, -0.25) is 4.68 Å². The Morgan fingerprint density at radius 1 is 1.23 bits per heavy atom. The fraction of sp³-hybridized carbons (Fsp3) is 0.467. The third kappa shape index (κ3) is 2.67. The molecule has 1 aliphatic rings. The van der Waals surface area contributed by atoms with Gasteiger partial charge in [0, 0.05) is 31.9 Å². The Bertz CT molecular complexity index is 1070. The number of aromatic nitrogens is 6. The van der Waals surface area contributed by atoms with Crippen LogP contribution in [0.5, 0.6) is 0 Å². The molecular formula is C15H18FN7O2S. The summed E-state index contributed by atoms with van der Waals surface area (Å²) in [5.74, 6) is 0. The number of piperidine rings is 1. The number of aryl methyl sites for hydroxylation is 2. The van der Waals surface area contributed by atoms with Crippen molar-refractivity contribution in [3.05, 3.63) is 35.9 Å². The number of halogens is 1. The Labute approximate surface area is 149 Å². The van der Waals surface area contributed by atoms with Crippen molar-refractivity contribution in [1.29, 1.82) is 0 Å². The molecule has 0 atom stereocenters. The second kappa shape index (κ2) is 5.81. The number of hydrogen-bond donors (Lipinski definition) is 0. The molecule has 26 heavy (non-hydrogen) atoms. The van der Waals surface area contributed by atoms with Crippen LogP contribution in [-0.2, 0) is 22.7 Å². The number of sulfonamides is 1. The van der Waals surface area contributed by atoms with E-state index < -0.39 is 15.7 Å². The van der Waals surface area contributed by atoms with Crippen molar-refractivity contribution in [1.82, 2.24) is 33.9 Å². The minimum Gasteiger partial charge on any atom is -0.254 e. The van der Waals surface area contributed by atoms with Crippen LogP contribution in [0.15, 0.2) is 29.8 Å². The van der Waals surface area contributed by atoms with Crippen molar-refractivity contribution in [3.63, 3.8) is 0 Å². The fourth-order valence-electron chi connectivity index (χ4n) is 3.35. The fourth-order valence-corrected chi connectivity index (χ4v) is 4.71. The molecule has 138 valence electrons. The van der Waals surface area contributed by atoms with Gasteiger partial charge in [-0.15, -0.1) is 5.10 Å². The first-order chi connectivity index (χ1) is 12.3. The number of hydrogen-bond acceptors (Lipinski definition) is 6. The minimum absolute atomic E-state index is 0.0630. The highest BCUT2D eigenvalue weighted by Crippen LogP contribution is 2.39. The molecule has 0 aliphatic carbocycles. The van der Waals surface area contributed by atoms with Gasteiger partial charge in [0.2, 0.25) is 5.03 Å². The molecule has 3 aromatic rings. The van der Waals surface area contributed by atoms with Gasteiger partial charge in [0.15, 0.2) is 5.65 Å². The predicted molar refractivity (Wildman–Crippen MR) is 89.5 cm³/mol. The summed E-state index contributed by atoms with van der Waals surface area (Å²) in [5.41, 5.74) is 0.335. The average Bonchev–Trinajstić information content (AvgIpc) is 3.23. The van der Waals surface area contributed by atoms with Gasteiger partial charge in [-0.25, -0.2) is 22.3 Å². The van der Waals surface area contributed by atoms with Gasteiger partial charge in [0.25, 0.3) is 10.0 Å². The Morgan fingerprint density at radius 3 is 2.62 bits per heavy atom. The van der Waals surface area contributed by atoms with Gasteiger partial charge in [0.05, 0.1) is 6.20 Å². The van der Waals surface area contributed by atoms with Gasteiger partial charge < -0.3 is 0 Å². The Hall–Kier alpha value is -2.40. The largest absolute Gasteiger partial charge is 0.264 e. The normalized spacial score (nSPS) is 18.4. The molecular weight excluding hydrogens is 361 g/mol. The smallest absolute Gasteiger partial charge is 0.254 e. The zero-order chi connectivity index (χ0) is 18.5. The lowest BCUT2D eigenvalue weighted by molar-refractivity contribution is 0.0857. The van der Waals surface area contributed by atoms with E-state index in [0.717, 1.165) is 5.56 Å². The third-order valence-electron chi connectivity index (χ3n) is 4.81. The van der Waals surface area contributed by atoms with Crippen molar-refractivity contribution < 1.29 is 12.8 Å². The van der Waals surface area contributed by atoms with E-state index in [0.29, 0.717) is 11.2 Å². The lowest BCUT2D eigenvalue weighted by Gasteiger charge is -2.36. The topological polar surface area (TPSA) is 98.3 Å². The maximum absolute atomic E-state index is 15.7. The number of pyridine rings is 1. The molecule has 1 saturated heterocycles. The summed E-state index contributed by atoms with van der Waals surface area (Å²) in [7, 11) is -2.17. The van der Waals surface area contributed by atoms with Crippen molar-refractivity contribution in [2.24, 2.45) is 7.05 Å². The molecule has 0 spiro atoms. The molecule has 1 fully saturated rings. The molecule has 0 bridgehead atoms. The summed E-state index contributed by atoms with van der Waals surface area (Å²) in [5, 5.41) is 11.3. The Morgan fingerprint density at radius 2 is 1.96 bits per heavy atom. The molecule has 0 aromatic carbocycles. The maximum Gasteiger partial charge on any atom is 0.264 e. The SMILES string of the molecule is Cc1cc2ncnn2cc1C1(F)CCN(S(=O)(=O)c2cn(C)nn2)CC1. The first-order valence-corrected chi connectivity index (χ1v) is 9.59. The van der Waals surface area contributed by atoms with Gasteiger partial charge in [-0.2, -0.15) is 9.40 Å². The Kier molecular flexibility index (Phi) is 3.81. The van der Waals surface area contributed by atoms with Gasteiger partial charge in [-0.1, -0.05) is 5.21 Å². The molecule has 0 saturated carbocycles. The molecule has 11 heteroatoms.